The number of benzene rings is 1. The van der Waals surface area contributed by atoms with E-state index in [1.54, 1.807) is 11.3 Å². The number of aromatic nitrogens is 1. The number of piperidine rings is 1. The summed E-state index contributed by atoms with van der Waals surface area (Å²) in [4.78, 5) is 4.55. The predicted molar refractivity (Wildman–Crippen MR) is 87.0 cm³/mol. The molecule has 0 spiro atoms. The molecule has 1 aromatic carbocycles. The van der Waals surface area contributed by atoms with Gasteiger partial charge in [-0.05, 0) is 45.7 Å². The SMILES string of the molecule is Cc1nc2cc(NN3C(C)CCCC3C)c(N)cc2s1. The summed E-state index contributed by atoms with van der Waals surface area (Å²) in [6, 6.07) is 5.17. The molecule has 3 rings (SSSR count). The standard InChI is InChI=1S/C15H22N4S/c1-9-5-4-6-10(2)19(9)18-13-8-14-15(7-12(13)16)20-11(3)17-14/h7-10,18H,4-6,16H2,1-3H3. The molecule has 3 N–H and O–H groups in total. The Morgan fingerprint density at radius 2 is 2.00 bits per heavy atom. The molecular formula is C15H22N4S. The topological polar surface area (TPSA) is 54.2 Å². The molecule has 1 fully saturated rings. The van der Waals surface area contributed by atoms with Gasteiger partial charge in [-0.1, -0.05) is 6.42 Å². The molecular weight excluding hydrogens is 268 g/mol. The highest BCUT2D eigenvalue weighted by Gasteiger charge is 2.25. The van der Waals surface area contributed by atoms with Crippen molar-refractivity contribution in [3.05, 3.63) is 17.1 Å². The molecule has 108 valence electrons. The molecule has 5 heteroatoms. The number of anilines is 2. The van der Waals surface area contributed by atoms with Crippen molar-refractivity contribution in [3.8, 4) is 0 Å². The van der Waals surface area contributed by atoms with Crippen molar-refractivity contribution in [1.29, 1.82) is 0 Å². The fraction of sp³-hybridized carbons (Fsp3) is 0.533. The molecule has 0 bridgehead atoms. The van der Waals surface area contributed by atoms with Gasteiger partial charge in [0.2, 0.25) is 0 Å². The summed E-state index contributed by atoms with van der Waals surface area (Å²) in [5.74, 6) is 0. The van der Waals surface area contributed by atoms with Gasteiger partial charge in [0.15, 0.2) is 0 Å². The average Bonchev–Trinajstić information content (AvgIpc) is 2.73. The van der Waals surface area contributed by atoms with Gasteiger partial charge >= 0.3 is 0 Å². The van der Waals surface area contributed by atoms with E-state index in [2.05, 4.69) is 35.3 Å². The summed E-state index contributed by atoms with van der Waals surface area (Å²) < 4.78 is 1.16. The van der Waals surface area contributed by atoms with Crippen molar-refractivity contribution in [2.45, 2.75) is 52.1 Å². The second-order valence-corrected chi connectivity index (χ2v) is 7.02. The minimum atomic E-state index is 0.533. The van der Waals surface area contributed by atoms with Crippen LogP contribution in [0.25, 0.3) is 10.2 Å². The van der Waals surface area contributed by atoms with Crippen LogP contribution in [0.3, 0.4) is 0 Å². The molecule has 0 saturated carbocycles. The Kier molecular flexibility index (Phi) is 3.56. The van der Waals surface area contributed by atoms with Crippen LogP contribution < -0.4 is 11.2 Å². The Hall–Kier alpha value is -1.33. The third kappa shape index (κ3) is 2.47. The maximum Gasteiger partial charge on any atom is 0.0907 e. The highest BCUT2D eigenvalue weighted by molar-refractivity contribution is 7.18. The van der Waals surface area contributed by atoms with Crippen molar-refractivity contribution in [3.63, 3.8) is 0 Å². The van der Waals surface area contributed by atoms with Crippen LogP contribution in [0.4, 0.5) is 11.4 Å². The van der Waals surface area contributed by atoms with Crippen molar-refractivity contribution in [2.75, 3.05) is 11.2 Å². The van der Waals surface area contributed by atoms with E-state index < -0.39 is 0 Å². The lowest BCUT2D eigenvalue weighted by atomic mass is 10.00. The van der Waals surface area contributed by atoms with Crippen LogP contribution >= 0.6 is 11.3 Å². The third-order valence-electron chi connectivity index (χ3n) is 4.11. The van der Waals surface area contributed by atoms with E-state index >= 15 is 0 Å². The van der Waals surface area contributed by atoms with Gasteiger partial charge < -0.3 is 11.2 Å². The first-order valence-electron chi connectivity index (χ1n) is 7.26. The first-order chi connectivity index (χ1) is 9.54. The van der Waals surface area contributed by atoms with Gasteiger partial charge in [-0.2, -0.15) is 0 Å². The van der Waals surface area contributed by atoms with E-state index in [1.807, 2.05) is 13.0 Å². The summed E-state index contributed by atoms with van der Waals surface area (Å²) in [7, 11) is 0. The van der Waals surface area contributed by atoms with Crippen LogP contribution in [-0.2, 0) is 0 Å². The summed E-state index contributed by atoms with van der Waals surface area (Å²) in [6.45, 7) is 6.57. The summed E-state index contributed by atoms with van der Waals surface area (Å²) >= 11 is 1.69. The smallest absolute Gasteiger partial charge is 0.0907 e. The van der Waals surface area contributed by atoms with Crippen LogP contribution in [-0.4, -0.2) is 22.1 Å². The number of rotatable bonds is 2. The molecule has 1 saturated heterocycles. The fourth-order valence-corrected chi connectivity index (χ4v) is 3.84. The quantitative estimate of drug-likeness (QED) is 0.827. The fourth-order valence-electron chi connectivity index (χ4n) is 2.98. The zero-order valence-corrected chi connectivity index (χ0v) is 13.1. The van der Waals surface area contributed by atoms with Crippen molar-refractivity contribution >= 4 is 32.9 Å². The van der Waals surface area contributed by atoms with Crippen molar-refractivity contribution < 1.29 is 0 Å². The number of nitrogen functional groups attached to an aromatic ring is 1. The van der Waals surface area contributed by atoms with Crippen LogP contribution in [0, 0.1) is 6.92 Å². The lowest BCUT2D eigenvalue weighted by Gasteiger charge is -2.39. The highest BCUT2D eigenvalue weighted by Crippen LogP contribution is 2.31. The largest absolute Gasteiger partial charge is 0.397 e. The van der Waals surface area contributed by atoms with Gasteiger partial charge in [0.05, 0.1) is 26.6 Å². The van der Waals surface area contributed by atoms with E-state index in [1.165, 1.54) is 19.3 Å². The molecule has 2 aromatic rings. The van der Waals surface area contributed by atoms with Crippen molar-refractivity contribution in [1.82, 2.24) is 9.99 Å². The molecule has 2 atom stereocenters. The van der Waals surface area contributed by atoms with Crippen LogP contribution in [0.5, 0.6) is 0 Å². The van der Waals surface area contributed by atoms with Gasteiger partial charge in [-0.25, -0.2) is 9.99 Å². The number of nitrogens with one attached hydrogen (secondary N) is 1. The molecule has 0 amide bonds. The molecule has 1 aromatic heterocycles. The van der Waals surface area contributed by atoms with Gasteiger partial charge in [0.1, 0.15) is 0 Å². The summed E-state index contributed by atoms with van der Waals surface area (Å²) in [5.41, 5.74) is 12.5. The molecule has 0 radical (unpaired) electrons. The number of fused-ring (bicyclic) bond motifs is 1. The Morgan fingerprint density at radius 3 is 2.70 bits per heavy atom. The van der Waals surface area contributed by atoms with E-state index in [9.17, 15) is 0 Å². The Bertz CT molecular complexity index is 612. The number of hydrogen-bond donors (Lipinski definition) is 2. The molecule has 0 aliphatic carbocycles. The Morgan fingerprint density at radius 1 is 1.30 bits per heavy atom. The molecule has 4 nitrogen and oxygen atoms in total. The molecule has 1 aliphatic rings. The van der Waals surface area contributed by atoms with Crippen LogP contribution in [0.2, 0.25) is 0 Å². The van der Waals surface area contributed by atoms with Crippen LogP contribution in [0.1, 0.15) is 38.1 Å². The minimum absolute atomic E-state index is 0.533. The Balaban J connectivity index is 1.91. The van der Waals surface area contributed by atoms with E-state index in [-0.39, 0.29) is 0 Å². The number of thiazole rings is 1. The summed E-state index contributed by atoms with van der Waals surface area (Å²) in [6.07, 6.45) is 3.77. The molecule has 20 heavy (non-hydrogen) atoms. The Labute approximate surface area is 124 Å². The van der Waals surface area contributed by atoms with Crippen molar-refractivity contribution in [2.24, 2.45) is 0 Å². The van der Waals surface area contributed by atoms with E-state index in [0.717, 1.165) is 26.6 Å². The number of hydrazine groups is 1. The lowest BCUT2D eigenvalue weighted by Crippen LogP contribution is -2.47. The first kappa shape index (κ1) is 13.6. The number of hydrogen-bond acceptors (Lipinski definition) is 5. The third-order valence-corrected chi connectivity index (χ3v) is 5.04. The average molecular weight is 290 g/mol. The normalized spacial score (nSPS) is 24.1. The van der Waals surface area contributed by atoms with Gasteiger partial charge in [0.25, 0.3) is 0 Å². The second-order valence-electron chi connectivity index (χ2n) is 5.79. The molecule has 2 heterocycles. The number of nitrogens with two attached hydrogens (primary N) is 1. The minimum Gasteiger partial charge on any atom is -0.397 e. The highest BCUT2D eigenvalue weighted by atomic mass is 32.1. The van der Waals surface area contributed by atoms with Gasteiger partial charge in [-0.3, -0.25) is 0 Å². The maximum atomic E-state index is 6.19. The monoisotopic (exact) mass is 290 g/mol. The lowest BCUT2D eigenvalue weighted by molar-refractivity contribution is 0.136. The number of nitrogens with zero attached hydrogens (tertiary/aromatic N) is 2. The summed E-state index contributed by atoms with van der Waals surface area (Å²) in [5, 5.41) is 3.41. The first-order valence-corrected chi connectivity index (χ1v) is 8.08. The molecule has 2 unspecified atom stereocenters. The van der Waals surface area contributed by atoms with Gasteiger partial charge in [0, 0.05) is 12.1 Å². The van der Waals surface area contributed by atoms with E-state index in [0.29, 0.717) is 12.1 Å². The van der Waals surface area contributed by atoms with Gasteiger partial charge in [-0.15, -0.1) is 11.3 Å². The second kappa shape index (κ2) is 5.22. The zero-order chi connectivity index (χ0) is 14.3. The number of aryl methyl sites for hydroxylation is 1. The molecule has 1 aliphatic heterocycles. The maximum absolute atomic E-state index is 6.19. The van der Waals surface area contributed by atoms with Crippen LogP contribution in [0.15, 0.2) is 12.1 Å². The zero-order valence-electron chi connectivity index (χ0n) is 12.3. The van der Waals surface area contributed by atoms with E-state index in [4.69, 9.17) is 5.73 Å². The predicted octanol–water partition coefficient (Wildman–Crippen LogP) is 3.78.